The summed E-state index contributed by atoms with van der Waals surface area (Å²) in [5.74, 6) is -0.506. The van der Waals surface area contributed by atoms with E-state index in [-0.39, 0.29) is 12.0 Å². The lowest BCUT2D eigenvalue weighted by Crippen LogP contribution is -2.55. The summed E-state index contributed by atoms with van der Waals surface area (Å²) in [7, 11) is -2.18. The van der Waals surface area contributed by atoms with Crippen LogP contribution in [0, 0.1) is 5.92 Å². The molecule has 192 valence electrons. The largest absolute Gasteiger partial charge is 0.494 e. The highest BCUT2D eigenvalue weighted by Crippen LogP contribution is 2.45. The third-order valence-electron chi connectivity index (χ3n) is 6.93. The van der Waals surface area contributed by atoms with Gasteiger partial charge in [-0.05, 0) is 37.5 Å². The quantitative estimate of drug-likeness (QED) is 0.413. The predicted octanol–water partition coefficient (Wildman–Crippen LogP) is 1.68. The smallest absolute Gasteiger partial charge is 0.259 e. The molecule has 0 unspecified atom stereocenters. The monoisotopic (exact) mass is 534 g/mol. The molecule has 2 saturated carbocycles. The van der Waals surface area contributed by atoms with Gasteiger partial charge >= 0.3 is 0 Å². The van der Waals surface area contributed by atoms with Crippen LogP contribution in [0.15, 0.2) is 37.1 Å². The van der Waals surface area contributed by atoms with Crippen molar-refractivity contribution in [3.63, 3.8) is 0 Å². The SMILES string of the molecule is C=C[C@@H]1C[C@]1(NC(=O)[C@@H]1C[C@@H](Oc2ncc(OC)c3ccc(Cl)cc23)CN1)C(=O)NS(=O)(=O)C1CC1. The molecule has 2 aromatic rings. The number of nitrogens with zero attached hydrogens (tertiary/aromatic N) is 1. The average molecular weight is 535 g/mol. The first-order chi connectivity index (χ1) is 17.2. The molecule has 1 aromatic heterocycles. The van der Waals surface area contributed by atoms with E-state index in [9.17, 15) is 18.0 Å². The molecule has 3 fully saturated rings. The molecule has 1 aromatic carbocycles. The lowest BCUT2D eigenvalue weighted by atomic mass is 10.1. The summed E-state index contributed by atoms with van der Waals surface area (Å²) >= 11 is 6.18. The third-order valence-corrected chi connectivity index (χ3v) is 8.98. The zero-order chi connectivity index (χ0) is 25.7. The van der Waals surface area contributed by atoms with Crippen LogP contribution >= 0.6 is 11.6 Å². The first-order valence-corrected chi connectivity index (χ1v) is 13.6. The molecule has 36 heavy (non-hydrogen) atoms. The molecule has 12 heteroatoms. The molecule has 2 amide bonds. The molecular weight excluding hydrogens is 508 g/mol. The first kappa shape index (κ1) is 24.8. The summed E-state index contributed by atoms with van der Waals surface area (Å²) in [4.78, 5) is 30.3. The molecule has 4 atom stereocenters. The van der Waals surface area contributed by atoms with E-state index in [2.05, 4.69) is 26.9 Å². The van der Waals surface area contributed by atoms with Gasteiger partial charge in [-0.3, -0.25) is 14.3 Å². The van der Waals surface area contributed by atoms with Crippen molar-refractivity contribution in [1.82, 2.24) is 20.3 Å². The van der Waals surface area contributed by atoms with Gasteiger partial charge in [-0.15, -0.1) is 6.58 Å². The van der Waals surface area contributed by atoms with Gasteiger partial charge in [0.15, 0.2) is 0 Å². The van der Waals surface area contributed by atoms with Crippen LogP contribution in [0.5, 0.6) is 11.6 Å². The molecule has 1 aliphatic heterocycles. The topological polar surface area (TPSA) is 136 Å². The molecule has 2 heterocycles. The van der Waals surface area contributed by atoms with Crippen LogP contribution in [-0.4, -0.2) is 61.8 Å². The number of nitrogens with one attached hydrogen (secondary N) is 3. The second-order valence-electron chi connectivity index (χ2n) is 9.44. The number of carbonyl (C=O) groups excluding carboxylic acids is 2. The van der Waals surface area contributed by atoms with Crippen molar-refractivity contribution in [2.24, 2.45) is 5.92 Å². The summed E-state index contributed by atoms with van der Waals surface area (Å²) in [6, 6.07) is 4.70. The number of hydrogen-bond donors (Lipinski definition) is 3. The Hall–Kier alpha value is -2.89. The van der Waals surface area contributed by atoms with Gasteiger partial charge in [-0.25, -0.2) is 13.4 Å². The number of pyridine rings is 1. The lowest BCUT2D eigenvalue weighted by molar-refractivity contribution is -0.130. The van der Waals surface area contributed by atoms with Crippen molar-refractivity contribution < 1.29 is 27.5 Å². The summed E-state index contributed by atoms with van der Waals surface area (Å²) in [6.45, 7) is 4.09. The number of aromatic nitrogens is 1. The van der Waals surface area contributed by atoms with E-state index >= 15 is 0 Å². The molecular formula is C24H27ClN4O6S. The van der Waals surface area contributed by atoms with Gasteiger partial charge in [-0.1, -0.05) is 17.7 Å². The normalized spacial score (nSPS) is 27.3. The minimum Gasteiger partial charge on any atom is -0.494 e. The fourth-order valence-corrected chi connectivity index (χ4v) is 6.13. The Morgan fingerprint density at radius 2 is 2.08 bits per heavy atom. The maximum absolute atomic E-state index is 13.1. The highest BCUT2D eigenvalue weighted by molar-refractivity contribution is 7.91. The predicted molar refractivity (Wildman–Crippen MR) is 133 cm³/mol. The summed E-state index contributed by atoms with van der Waals surface area (Å²) in [5, 5.41) is 7.36. The van der Waals surface area contributed by atoms with Crippen LogP contribution in [0.1, 0.15) is 25.7 Å². The molecule has 1 saturated heterocycles. The molecule has 0 spiro atoms. The maximum atomic E-state index is 13.1. The number of methoxy groups -OCH3 is 1. The highest BCUT2D eigenvalue weighted by atomic mass is 35.5. The van der Waals surface area contributed by atoms with E-state index < -0.39 is 38.7 Å². The van der Waals surface area contributed by atoms with E-state index in [4.69, 9.17) is 21.1 Å². The Bertz CT molecular complexity index is 1350. The van der Waals surface area contributed by atoms with Gasteiger partial charge in [0, 0.05) is 34.7 Å². The van der Waals surface area contributed by atoms with Gasteiger partial charge in [0.25, 0.3) is 5.91 Å². The zero-order valence-corrected chi connectivity index (χ0v) is 21.2. The van der Waals surface area contributed by atoms with Crippen molar-refractivity contribution in [1.29, 1.82) is 0 Å². The van der Waals surface area contributed by atoms with E-state index in [0.29, 0.717) is 54.3 Å². The highest BCUT2D eigenvalue weighted by Gasteiger charge is 2.61. The maximum Gasteiger partial charge on any atom is 0.259 e. The first-order valence-electron chi connectivity index (χ1n) is 11.7. The van der Waals surface area contributed by atoms with Crippen LogP contribution < -0.4 is 24.8 Å². The minimum absolute atomic E-state index is 0.295. The number of amides is 2. The van der Waals surface area contributed by atoms with Crippen molar-refractivity contribution in [3.05, 3.63) is 42.1 Å². The number of carbonyl (C=O) groups is 2. The number of rotatable bonds is 9. The molecule has 0 bridgehead atoms. The third kappa shape index (κ3) is 4.62. The zero-order valence-electron chi connectivity index (χ0n) is 19.6. The number of halogens is 1. The van der Waals surface area contributed by atoms with Gasteiger partial charge in [0.05, 0.1) is 24.6 Å². The van der Waals surface area contributed by atoms with Crippen LogP contribution in [0.3, 0.4) is 0 Å². The number of benzene rings is 1. The molecule has 10 nitrogen and oxygen atoms in total. The fraction of sp³-hybridized carbons (Fsp3) is 0.458. The van der Waals surface area contributed by atoms with Gasteiger partial charge in [0.2, 0.25) is 21.8 Å². The van der Waals surface area contributed by atoms with Crippen LogP contribution in [0.2, 0.25) is 5.02 Å². The van der Waals surface area contributed by atoms with Crippen molar-refractivity contribution in [2.45, 2.75) is 48.6 Å². The number of sulfonamides is 1. The Morgan fingerprint density at radius 3 is 2.75 bits per heavy atom. The van der Waals surface area contributed by atoms with E-state index in [1.54, 1.807) is 31.5 Å². The Labute approximate surface area is 213 Å². The van der Waals surface area contributed by atoms with Crippen molar-refractivity contribution >= 4 is 44.2 Å². The molecule has 3 aliphatic rings. The molecule has 3 N–H and O–H groups in total. The Balaban J connectivity index is 1.26. The number of hydrogen-bond acceptors (Lipinski definition) is 8. The minimum atomic E-state index is -3.73. The number of fused-ring (bicyclic) bond motifs is 1. The fourth-order valence-electron chi connectivity index (χ4n) is 4.59. The van der Waals surface area contributed by atoms with Gasteiger partial charge < -0.3 is 20.1 Å². The standard InChI is InChI=1S/C24H27ClN4O6S/c1-3-13-10-24(13,23(31)29-36(32,33)16-5-6-16)28-21(30)19-9-15(11-26-19)35-22-18-8-14(25)4-7-17(18)20(34-2)12-27-22/h3-4,7-8,12-13,15-16,19,26H,1,5-6,9-11H2,2H3,(H,28,30)(H,29,31)/t13-,15-,19+,24-/m1/s1. The lowest BCUT2D eigenvalue weighted by Gasteiger charge is -2.21. The second kappa shape index (κ2) is 9.20. The number of ether oxygens (including phenoxy) is 2. The molecule has 0 radical (unpaired) electrons. The average Bonchev–Trinajstić information content (AvgIpc) is 3.76. The second-order valence-corrected chi connectivity index (χ2v) is 11.8. The van der Waals surface area contributed by atoms with Crippen LogP contribution in [0.25, 0.3) is 10.8 Å². The Morgan fingerprint density at radius 1 is 1.31 bits per heavy atom. The molecule has 5 rings (SSSR count). The van der Waals surface area contributed by atoms with Crippen molar-refractivity contribution in [2.75, 3.05) is 13.7 Å². The van der Waals surface area contributed by atoms with Gasteiger partial charge in [-0.2, -0.15) is 0 Å². The summed E-state index contributed by atoms with van der Waals surface area (Å²) in [5.41, 5.74) is -1.31. The van der Waals surface area contributed by atoms with E-state index in [1.807, 2.05) is 6.07 Å². The summed E-state index contributed by atoms with van der Waals surface area (Å²) < 4.78 is 38.2. The Kier molecular flexibility index (Phi) is 6.34. The van der Waals surface area contributed by atoms with Crippen molar-refractivity contribution in [3.8, 4) is 11.6 Å². The van der Waals surface area contributed by atoms with E-state index in [0.717, 1.165) is 5.39 Å². The van der Waals surface area contributed by atoms with Gasteiger partial charge in [0.1, 0.15) is 17.4 Å². The molecule has 2 aliphatic carbocycles. The summed E-state index contributed by atoms with van der Waals surface area (Å²) in [6.07, 6.45) is 4.46. The van der Waals surface area contributed by atoms with E-state index in [1.165, 1.54) is 0 Å². The van der Waals surface area contributed by atoms with Crippen LogP contribution in [-0.2, 0) is 19.6 Å². The van der Waals surface area contributed by atoms with Crippen LogP contribution in [0.4, 0.5) is 0 Å².